The van der Waals surface area contributed by atoms with Gasteiger partial charge in [-0.3, -0.25) is 0 Å². The molecule has 0 aliphatic rings. The van der Waals surface area contributed by atoms with Crippen molar-refractivity contribution in [3.63, 3.8) is 0 Å². The van der Waals surface area contributed by atoms with Gasteiger partial charge in [-0.25, -0.2) is 0 Å². The fourth-order valence-electron chi connectivity index (χ4n) is 1.78. The van der Waals surface area contributed by atoms with E-state index in [9.17, 15) is 0 Å². The van der Waals surface area contributed by atoms with Gasteiger partial charge in [0, 0.05) is 18.1 Å². The standard InChI is InChI=1S/C15H16ClN.ClH/c1-12-6-2-3-7-13(12)10-17-11-14-8-4-5-9-15(14)16;/h2-9,17H,10-11H2,1H3;1H. The molecule has 96 valence electrons. The number of nitrogens with one attached hydrogen (secondary N) is 1. The summed E-state index contributed by atoms with van der Waals surface area (Å²) in [6.45, 7) is 3.80. The van der Waals surface area contributed by atoms with Gasteiger partial charge in [-0.05, 0) is 29.7 Å². The molecular formula is C15H17Cl2N. The molecule has 0 aliphatic carbocycles. The number of aryl methyl sites for hydroxylation is 1. The molecule has 18 heavy (non-hydrogen) atoms. The summed E-state index contributed by atoms with van der Waals surface area (Å²) in [7, 11) is 0. The van der Waals surface area contributed by atoms with Gasteiger partial charge in [0.05, 0.1) is 0 Å². The average Bonchev–Trinajstić information content (AvgIpc) is 2.34. The topological polar surface area (TPSA) is 12.0 Å². The van der Waals surface area contributed by atoms with Crippen molar-refractivity contribution in [2.24, 2.45) is 0 Å². The summed E-state index contributed by atoms with van der Waals surface area (Å²) in [6, 6.07) is 16.3. The highest BCUT2D eigenvalue weighted by Gasteiger charge is 1.99. The molecule has 0 saturated carbocycles. The number of hydrogen-bond donors (Lipinski definition) is 1. The van der Waals surface area contributed by atoms with Crippen LogP contribution in [0, 0.1) is 6.92 Å². The second-order valence-electron chi connectivity index (χ2n) is 4.12. The highest BCUT2D eigenvalue weighted by Crippen LogP contribution is 2.14. The molecule has 0 aliphatic heterocycles. The Morgan fingerprint density at radius 2 is 1.44 bits per heavy atom. The lowest BCUT2D eigenvalue weighted by Gasteiger charge is -2.08. The zero-order chi connectivity index (χ0) is 12.1. The van der Waals surface area contributed by atoms with Crippen LogP contribution in [0.1, 0.15) is 16.7 Å². The maximum atomic E-state index is 6.10. The van der Waals surface area contributed by atoms with E-state index in [1.807, 2.05) is 24.3 Å². The first-order valence-electron chi connectivity index (χ1n) is 5.76. The van der Waals surface area contributed by atoms with E-state index in [1.165, 1.54) is 11.1 Å². The van der Waals surface area contributed by atoms with Gasteiger partial charge >= 0.3 is 0 Å². The Kier molecular flexibility index (Phi) is 6.20. The summed E-state index contributed by atoms with van der Waals surface area (Å²) in [6.07, 6.45) is 0. The fraction of sp³-hybridized carbons (Fsp3) is 0.200. The van der Waals surface area contributed by atoms with Crippen LogP contribution in [0.4, 0.5) is 0 Å². The van der Waals surface area contributed by atoms with Crippen LogP contribution < -0.4 is 5.32 Å². The Labute approximate surface area is 120 Å². The van der Waals surface area contributed by atoms with E-state index < -0.39 is 0 Å². The Hall–Kier alpha value is -1.02. The van der Waals surface area contributed by atoms with Gasteiger partial charge in [0.25, 0.3) is 0 Å². The van der Waals surface area contributed by atoms with Crippen molar-refractivity contribution in [2.45, 2.75) is 20.0 Å². The van der Waals surface area contributed by atoms with E-state index in [1.54, 1.807) is 0 Å². The van der Waals surface area contributed by atoms with E-state index in [4.69, 9.17) is 11.6 Å². The third-order valence-corrected chi connectivity index (χ3v) is 3.22. The highest BCUT2D eigenvalue weighted by molar-refractivity contribution is 6.31. The van der Waals surface area contributed by atoms with Crippen LogP contribution in [0.3, 0.4) is 0 Å². The highest BCUT2D eigenvalue weighted by atomic mass is 35.5. The summed E-state index contributed by atoms with van der Waals surface area (Å²) >= 11 is 6.10. The van der Waals surface area contributed by atoms with E-state index in [0.29, 0.717) is 0 Å². The summed E-state index contributed by atoms with van der Waals surface area (Å²) in [5.41, 5.74) is 3.79. The minimum Gasteiger partial charge on any atom is -0.309 e. The van der Waals surface area contributed by atoms with Crippen LogP contribution in [0.25, 0.3) is 0 Å². The third-order valence-electron chi connectivity index (χ3n) is 2.85. The van der Waals surface area contributed by atoms with Gasteiger partial charge in [0.2, 0.25) is 0 Å². The Balaban J connectivity index is 0.00000162. The predicted molar refractivity (Wildman–Crippen MR) is 80.4 cm³/mol. The summed E-state index contributed by atoms with van der Waals surface area (Å²) in [5, 5.41) is 4.24. The first-order valence-corrected chi connectivity index (χ1v) is 6.14. The number of benzene rings is 2. The summed E-state index contributed by atoms with van der Waals surface area (Å²) in [4.78, 5) is 0. The van der Waals surface area contributed by atoms with Gasteiger partial charge in [-0.15, -0.1) is 12.4 Å². The molecule has 0 unspecified atom stereocenters. The van der Waals surface area contributed by atoms with Crippen molar-refractivity contribution in [3.8, 4) is 0 Å². The van der Waals surface area contributed by atoms with Gasteiger partial charge < -0.3 is 5.32 Å². The van der Waals surface area contributed by atoms with Gasteiger partial charge in [-0.2, -0.15) is 0 Å². The third kappa shape index (κ3) is 4.02. The normalized spacial score (nSPS) is 9.89. The maximum Gasteiger partial charge on any atom is 0.0450 e. The molecule has 0 spiro atoms. The fourth-order valence-corrected chi connectivity index (χ4v) is 1.98. The molecular weight excluding hydrogens is 265 g/mol. The second-order valence-corrected chi connectivity index (χ2v) is 4.53. The molecule has 0 bridgehead atoms. The minimum atomic E-state index is 0. The van der Waals surface area contributed by atoms with E-state index in [-0.39, 0.29) is 12.4 Å². The molecule has 2 aromatic carbocycles. The summed E-state index contributed by atoms with van der Waals surface area (Å²) in [5.74, 6) is 0. The molecule has 1 N–H and O–H groups in total. The van der Waals surface area contributed by atoms with Crippen LogP contribution in [0.15, 0.2) is 48.5 Å². The molecule has 0 heterocycles. The van der Waals surface area contributed by atoms with E-state index in [2.05, 4.69) is 36.5 Å². The predicted octanol–water partition coefficient (Wildman–Crippen LogP) is 4.36. The van der Waals surface area contributed by atoms with Crippen molar-refractivity contribution in [1.82, 2.24) is 5.32 Å². The zero-order valence-electron chi connectivity index (χ0n) is 10.3. The zero-order valence-corrected chi connectivity index (χ0v) is 11.9. The molecule has 3 heteroatoms. The van der Waals surface area contributed by atoms with Gasteiger partial charge in [0.15, 0.2) is 0 Å². The van der Waals surface area contributed by atoms with Gasteiger partial charge in [-0.1, -0.05) is 54.1 Å². The lowest BCUT2D eigenvalue weighted by Crippen LogP contribution is -2.13. The van der Waals surface area contributed by atoms with E-state index in [0.717, 1.165) is 23.7 Å². The Morgan fingerprint density at radius 3 is 2.11 bits per heavy atom. The molecule has 0 amide bonds. The van der Waals surface area contributed by atoms with Crippen LogP contribution in [0.2, 0.25) is 5.02 Å². The van der Waals surface area contributed by atoms with Gasteiger partial charge in [0.1, 0.15) is 0 Å². The monoisotopic (exact) mass is 281 g/mol. The quantitative estimate of drug-likeness (QED) is 0.878. The molecule has 0 radical (unpaired) electrons. The molecule has 0 atom stereocenters. The molecule has 2 rings (SSSR count). The van der Waals surface area contributed by atoms with Crippen LogP contribution in [-0.4, -0.2) is 0 Å². The van der Waals surface area contributed by atoms with Crippen LogP contribution >= 0.6 is 24.0 Å². The van der Waals surface area contributed by atoms with Crippen molar-refractivity contribution in [2.75, 3.05) is 0 Å². The van der Waals surface area contributed by atoms with E-state index >= 15 is 0 Å². The number of rotatable bonds is 4. The maximum absolute atomic E-state index is 6.10. The number of halogens is 2. The van der Waals surface area contributed by atoms with Crippen molar-refractivity contribution < 1.29 is 0 Å². The molecule has 0 fully saturated rings. The molecule has 2 aromatic rings. The average molecular weight is 282 g/mol. The first kappa shape index (κ1) is 15.0. The van der Waals surface area contributed by atoms with Crippen LogP contribution in [0.5, 0.6) is 0 Å². The largest absolute Gasteiger partial charge is 0.309 e. The van der Waals surface area contributed by atoms with Crippen LogP contribution in [-0.2, 0) is 13.1 Å². The Bertz CT molecular complexity index is 452. The van der Waals surface area contributed by atoms with Crippen molar-refractivity contribution >= 4 is 24.0 Å². The first-order chi connectivity index (χ1) is 8.27. The minimum absolute atomic E-state index is 0. The molecule has 0 saturated heterocycles. The molecule has 1 nitrogen and oxygen atoms in total. The smallest absolute Gasteiger partial charge is 0.0450 e. The van der Waals surface area contributed by atoms with Crippen molar-refractivity contribution in [1.29, 1.82) is 0 Å². The second kappa shape index (κ2) is 7.42. The molecule has 0 aromatic heterocycles. The lowest BCUT2D eigenvalue weighted by molar-refractivity contribution is 0.691. The SMILES string of the molecule is Cc1ccccc1CNCc1ccccc1Cl.Cl. The lowest BCUT2D eigenvalue weighted by atomic mass is 10.1. The Morgan fingerprint density at radius 1 is 0.889 bits per heavy atom. The summed E-state index contributed by atoms with van der Waals surface area (Å²) < 4.78 is 0. The van der Waals surface area contributed by atoms with Crippen molar-refractivity contribution in [3.05, 3.63) is 70.2 Å². The number of hydrogen-bond acceptors (Lipinski definition) is 1.